The number of halogens is 2. The fourth-order valence-corrected chi connectivity index (χ4v) is 4.14. The first-order valence-corrected chi connectivity index (χ1v) is 11.3. The molecule has 0 heterocycles. The van der Waals surface area contributed by atoms with Crippen molar-refractivity contribution in [2.24, 2.45) is 4.99 Å². The van der Waals surface area contributed by atoms with Crippen LogP contribution in [0.3, 0.4) is 0 Å². The van der Waals surface area contributed by atoms with Crippen LogP contribution >= 0.6 is 24.0 Å². The summed E-state index contributed by atoms with van der Waals surface area (Å²) < 4.78 is 39.9. The molecule has 0 saturated carbocycles. The van der Waals surface area contributed by atoms with Gasteiger partial charge in [0.15, 0.2) is 5.96 Å². The largest absolute Gasteiger partial charge is 0.357 e. The lowest BCUT2D eigenvalue weighted by molar-refractivity contribution is 0.569. The van der Waals surface area contributed by atoms with E-state index >= 15 is 0 Å². The number of nitrogens with one attached hydrogen (secondary N) is 3. The Balaban J connectivity index is 0.00000450. The van der Waals surface area contributed by atoms with Crippen LogP contribution in [0.25, 0.3) is 0 Å². The van der Waals surface area contributed by atoms with Crippen LogP contribution in [0.1, 0.15) is 37.5 Å². The fourth-order valence-electron chi connectivity index (χ4n) is 2.71. The number of hydrogen-bond donors (Lipinski definition) is 3. The maximum absolute atomic E-state index is 13.3. The average Bonchev–Trinajstić information content (AvgIpc) is 2.64. The number of aliphatic imine (C=N–C) groups is 1. The number of hydrogen-bond acceptors (Lipinski definition) is 3. The van der Waals surface area contributed by atoms with E-state index in [4.69, 9.17) is 0 Å². The van der Waals surface area contributed by atoms with Gasteiger partial charge in [0.25, 0.3) is 0 Å². The van der Waals surface area contributed by atoms with Gasteiger partial charge in [0, 0.05) is 19.1 Å². The van der Waals surface area contributed by atoms with Crippen LogP contribution in [-0.4, -0.2) is 27.0 Å². The summed E-state index contributed by atoms with van der Waals surface area (Å²) in [5.74, 6) is 0.308. The van der Waals surface area contributed by atoms with Crippen LogP contribution in [0.15, 0.2) is 53.5 Å². The predicted octanol–water partition coefficient (Wildman–Crippen LogP) is 3.53. The van der Waals surface area contributed by atoms with Gasteiger partial charge >= 0.3 is 0 Å². The molecule has 3 N–H and O–H groups in total. The van der Waals surface area contributed by atoms with E-state index in [0.717, 1.165) is 16.7 Å². The van der Waals surface area contributed by atoms with Crippen LogP contribution in [0, 0.1) is 5.82 Å². The van der Waals surface area contributed by atoms with Gasteiger partial charge in [-0.2, -0.15) is 0 Å². The van der Waals surface area contributed by atoms with E-state index < -0.39 is 10.0 Å². The first-order valence-electron chi connectivity index (χ1n) is 9.62. The van der Waals surface area contributed by atoms with Crippen molar-refractivity contribution < 1.29 is 12.8 Å². The third kappa shape index (κ3) is 9.86. The number of sulfonamides is 1. The Labute approximate surface area is 195 Å². The Morgan fingerprint density at radius 2 is 1.70 bits per heavy atom. The first-order chi connectivity index (χ1) is 13.8. The monoisotopic (exact) mass is 548 g/mol. The number of guanidine groups is 1. The van der Waals surface area contributed by atoms with Gasteiger partial charge in [0.1, 0.15) is 5.82 Å². The topological polar surface area (TPSA) is 82.6 Å². The van der Waals surface area contributed by atoms with E-state index in [0.29, 0.717) is 25.6 Å². The quantitative estimate of drug-likeness (QED) is 0.255. The number of benzene rings is 2. The van der Waals surface area contributed by atoms with Gasteiger partial charge in [-0.3, -0.25) is 0 Å². The standard InChI is InChI=1S/C21H29FN4O2S.HI/c1-4-23-21(25-14-19-6-5-7-20(22)12-19)24-13-17-8-10-18(11-9-17)15-29(27,28)26-16(2)3;/h5-12,16,26H,4,13-15H2,1-3H3,(H2,23,24,25);1H. The summed E-state index contributed by atoms with van der Waals surface area (Å²) in [7, 11) is -3.34. The molecule has 2 aromatic rings. The van der Waals surface area contributed by atoms with Gasteiger partial charge < -0.3 is 10.6 Å². The van der Waals surface area contributed by atoms with Crippen LogP contribution in [0.2, 0.25) is 0 Å². The van der Waals surface area contributed by atoms with Crippen LogP contribution in [0.4, 0.5) is 4.39 Å². The van der Waals surface area contributed by atoms with Crippen molar-refractivity contribution in [3.05, 3.63) is 71.0 Å². The zero-order chi connectivity index (χ0) is 21.3. The van der Waals surface area contributed by atoms with Gasteiger partial charge in [0.05, 0.1) is 12.3 Å². The van der Waals surface area contributed by atoms with Crippen molar-refractivity contribution in [3.63, 3.8) is 0 Å². The molecule has 30 heavy (non-hydrogen) atoms. The first kappa shape index (κ1) is 26.3. The highest BCUT2D eigenvalue weighted by molar-refractivity contribution is 14.0. The highest BCUT2D eigenvalue weighted by atomic mass is 127. The van der Waals surface area contributed by atoms with Crippen LogP contribution < -0.4 is 15.4 Å². The molecular weight excluding hydrogens is 518 g/mol. The zero-order valence-corrected chi connectivity index (χ0v) is 20.6. The molecule has 166 valence electrons. The molecule has 6 nitrogen and oxygen atoms in total. The third-order valence-electron chi connectivity index (χ3n) is 3.91. The van der Waals surface area contributed by atoms with Gasteiger partial charge in [0.2, 0.25) is 10.0 Å². The predicted molar refractivity (Wildman–Crippen MR) is 131 cm³/mol. The second-order valence-electron chi connectivity index (χ2n) is 7.03. The van der Waals surface area contributed by atoms with Gasteiger partial charge in [-0.05, 0) is 49.6 Å². The van der Waals surface area contributed by atoms with E-state index in [1.807, 2.05) is 37.3 Å². The summed E-state index contributed by atoms with van der Waals surface area (Å²) in [6.07, 6.45) is 0. The SMILES string of the molecule is CCNC(=NCc1cccc(F)c1)NCc1ccc(CS(=O)(=O)NC(C)C)cc1.I. The van der Waals surface area contributed by atoms with Crippen molar-refractivity contribution in [2.45, 2.75) is 45.7 Å². The Kier molecular flexibility index (Phi) is 11.3. The molecule has 0 bridgehead atoms. The summed E-state index contributed by atoms with van der Waals surface area (Å²) in [4.78, 5) is 4.47. The molecule has 0 aliphatic heterocycles. The van der Waals surface area contributed by atoms with Gasteiger partial charge in [-0.25, -0.2) is 22.5 Å². The number of nitrogens with zero attached hydrogens (tertiary/aromatic N) is 1. The van der Waals surface area contributed by atoms with E-state index in [2.05, 4.69) is 20.3 Å². The summed E-state index contributed by atoms with van der Waals surface area (Å²) in [6, 6.07) is 13.7. The van der Waals surface area contributed by atoms with Crippen LogP contribution in [-0.2, 0) is 28.9 Å². The molecule has 0 radical (unpaired) electrons. The molecule has 0 aromatic heterocycles. The molecular formula is C21H30FIN4O2S. The summed E-state index contributed by atoms with van der Waals surface area (Å²) in [6.45, 7) is 7.17. The summed E-state index contributed by atoms with van der Waals surface area (Å²) >= 11 is 0. The summed E-state index contributed by atoms with van der Waals surface area (Å²) in [5.41, 5.74) is 2.52. The van der Waals surface area contributed by atoms with Crippen LogP contribution in [0.5, 0.6) is 0 Å². The maximum atomic E-state index is 13.3. The fraction of sp³-hybridized carbons (Fsp3) is 0.381. The molecule has 0 aliphatic rings. The minimum atomic E-state index is -3.34. The average molecular weight is 548 g/mol. The maximum Gasteiger partial charge on any atom is 0.216 e. The molecule has 0 spiro atoms. The Morgan fingerprint density at radius 1 is 1.03 bits per heavy atom. The molecule has 0 atom stereocenters. The normalized spacial score (nSPS) is 11.8. The lowest BCUT2D eigenvalue weighted by Gasteiger charge is -2.12. The van der Waals surface area contributed by atoms with Gasteiger partial charge in [-0.1, -0.05) is 36.4 Å². The minimum Gasteiger partial charge on any atom is -0.357 e. The van der Waals surface area contributed by atoms with E-state index in [-0.39, 0.29) is 41.6 Å². The molecule has 9 heteroatoms. The second kappa shape index (κ2) is 12.9. The minimum absolute atomic E-state index is 0. The second-order valence-corrected chi connectivity index (χ2v) is 8.78. The molecule has 0 saturated heterocycles. The van der Waals surface area contributed by atoms with Crippen molar-refractivity contribution in [1.29, 1.82) is 0 Å². The zero-order valence-electron chi connectivity index (χ0n) is 17.5. The molecule has 2 rings (SSSR count). The molecule has 0 fully saturated rings. The Morgan fingerprint density at radius 3 is 2.30 bits per heavy atom. The van der Waals surface area contributed by atoms with Gasteiger partial charge in [-0.15, -0.1) is 24.0 Å². The Bertz CT molecular complexity index is 919. The lowest BCUT2D eigenvalue weighted by atomic mass is 10.1. The lowest BCUT2D eigenvalue weighted by Crippen LogP contribution is -2.36. The molecule has 0 unspecified atom stereocenters. The highest BCUT2D eigenvalue weighted by Crippen LogP contribution is 2.09. The molecule has 2 aromatic carbocycles. The van der Waals surface area contributed by atoms with E-state index in [1.54, 1.807) is 19.9 Å². The van der Waals surface area contributed by atoms with Crippen molar-refractivity contribution in [2.75, 3.05) is 6.54 Å². The number of rotatable bonds is 9. The highest BCUT2D eigenvalue weighted by Gasteiger charge is 2.12. The smallest absolute Gasteiger partial charge is 0.216 e. The molecule has 0 aliphatic carbocycles. The van der Waals surface area contributed by atoms with Crippen molar-refractivity contribution in [1.82, 2.24) is 15.4 Å². The van der Waals surface area contributed by atoms with E-state index in [9.17, 15) is 12.8 Å². The third-order valence-corrected chi connectivity index (χ3v) is 5.45. The van der Waals surface area contributed by atoms with E-state index in [1.165, 1.54) is 12.1 Å². The summed E-state index contributed by atoms with van der Waals surface area (Å²) in [5, 5.41) is 6.39. The molecule has 0 amide bonds. The Hall–Kier alpha value is -1.72. The van der Waals surface area contributed by atoms with Crippen molar-refractivity contribution in [3.8, 4) is 0 Å². The van der Waals surface area contributed by atoms with Crippen molar-refractivity contribution >= 4 is 40.0 Å².